The Morgan fingerprint density at radius 3 is 2.50 bits per heavy atom. The molecular formula is C19H14Cl2F3N3O. The number of benzene rings is 2. The van der Waals surface area contributed by atoms with E-state index in [1.165, 1.54) is 24.3 Å². The molecular weight excluding hydrogens is 414 g/mol. The molecule has 1 N–H and O–H groups in total. The number of hydrogen-bond donors (Lipinski definition) is 1. The molecule has 0 saturated heterocycles. The van der Waals surface area contributed by atoms with E-state index in [9.17, 15) is 18.0 Å². The molecule has 9 heteroatoms. The van der Waals surface area contributed by atoms with Crippen molar-refractivity contribution < 1.29 is 18.0 Å². The van der Waals surface area contributed by atoms with Crippen LogP contribution >= 0.6 is 23.2 Å². The molecule has 3 rings (SSSR count). The lowest BCUT2D eigenvalue weighted by molar-refractivity contribution is -0.143. The van der Waals surface area contributed by atoms with Crippen molar-refractivity contribution in [3.8, 4) is 5.69 Å². The number of carbonyl (C=O) groups is 1. The second kappa shape index (κ2) is 7.85. The highest BCUT2D eigenvalue weighted by Gasteiger charge is 2.40. The summed E-state index contributed by atoms with van der Waals surface area (Å²) >= 11 is 12.0. The molecule has 1 atom stereocenters. The van der Waals surface area contributed by atoms with Crippen molar-refractivity contribution in [2.45, 2.75) is 19.1 Å². The van der Waals surface area contributed by atoms with Gasteiger partial charge in [-0.3, -0.25) is 4.79 Å². The first kappa shape index (κ1) is 20.2. The molecule has 0 spiro atoms. The summed E-state index contributed by atoms with van der Waals surface area (Å²) in [7, 11) is 0. The third-order valence-electron chi connectivity index (χ3n) is 4.05. The molecule has 1 unspecified atom stereocenters. The Bertz CT molecular complexity index is 1020. The molecule has 0 saturated carbocycles. The number of hydrogen-bond acceptors (Lipinski definition) is 2. The lowest BCUT2D eigenvalue weighted by atomic mass is 10.1. The van der Waals surface area contributed by atoms with E-state index in [0.29, 0.717) is 15.3 Å². The van der Waals surface area contributed by atoms with Gasteiger partial charge in [0.2, 0.25) is 0 Å². The Labute approximate surface area is 168 Å². The minimum atomic E-state index is -4.81. The predicted molar refractivity (Wildman–Crippen MR) is 101 cm³/mol. The zero-order chi connectivity index (χ0) is 20.5. The minimum Gasteiger partial charge on any atom is -0.345 e. The summed E-state index contributed by atoms with van der Waals surface area (Å²) < 4.78 is 41.8. The molecule has 2 aromatic carbocycles. The monoisotopic (exact) mass is 427 g/mol. The Kier molecular flexibility index (Phi) is 5.67. The van der Waals surface area contributed by atoms with E-state index < -0.39 is 29.4 Å². The SMILES string of the molecule is CC(NC(=O)c1cnn(-c2cccc(Cl)c2)c1C(F)(F)F)c1ccccc1Cl. The van der Waals surface area contributed by atoms with Gasteiger partial charge in [0.15, 0.2) is 5.69 Å². The Morgan fingerprint density at radius 1 is 1.14 bits per heavy atom. The lowest BCUT2D eigenvalue weighted by Gasteiger charge is -2.17. The van der Waals surface area contributed by atoms with Gasteiger partial charge in [-0.2, -0.15) is 18.3 Å². The second-order valence-electron chi connectivity index (χ2n) is 6.01. The van der Waals surface area contributed by atoms with Gasteiger partial charge in [0.25, 0.3) is 5.91 Å². The molecule has 4 nitrogen and oxygen atoms in total. The van der Waals surface area contributed by atoms with Gasteiger partial charge in [0.05, 0.1) is 23.5 Å². The van der Waals surface area contributed by atoms with Crippen LogP contribution < -0.4 is 5.32 Å². The maximum atomic E-state index is 13.7. The molecule has 146 valence electrons. The fourth-order valence-corrected chi connectivity index (χ4v) is 3.25. The lowest BCUT2D eigenvalue weighted by Crippen LogP contribution is -2.29. The van der Waals surface area contributed by atoms with E-state index in [4.69, 9.17) is 23.2 Å². The number of aromatic nitrogens is 2. The van der Waals surface area contributed by atoms with Crippen LogP contribution in [0, 0.1) is 0 Å². The molecule has 0 aliphatic heterocycles. The van der Waals surface area contributed by atoms with Crippen LogP contribution in [0.2, 0.25) is 10.0 Å². The normalized spacial score (nSPS) is 12.6. The van der Waals surface area contributed by atoms with Crippen molar-refractivity contribution in [1.29, 1.82) is 0 Å². The summed E-state index contributed by atoms with van der Waals surface area (Å²) in [6.45, 7) is 1.63. The summed E-state index contributed by atoms with van der Waals surface area (Å²) in [4.78, 5) is 12.6. The van der Waals surface area contributed by atoms with Gasteiger partial charge in [-0.25, -0.2) is 4.68 Å². The van der Waals surface area contributed by atoms with Crippen LogP contribution in [0.25, 0.3) is 5.69 Å². The average Bonchev–Trinajstić information content (AvgIpc) is 3.07. The average molecular weight is 428 g/mol. The number of alkyl halides is 3. The molecule has 0 aliphatic carbocycles. The highest BCUT2D eigenvalue weighted by Crippen LogP contribution is 2.34. The summed E-state index contributed by atoms with van der Waals surface area (Å²) in [6.07, 6.45) is -3.92. The predicted octanol–water partition coefficient (Wildman–Crippen LogP) is 5.69. The van der Waals surface area contributed by atoms with Gasteiger partial charge in [0, 0.05) is 10.0 Å². The number of nitrogens with zero attached hydrogens (tertiary/aromatic N) is 2. The quantitative estimate of drug-likeness (QED) is 0.581. The number of nitrogens with one attached hydrogen (secondary N) is 1. The molecule has 0 aliphatic rings. The van der Waals surface area contributed by atoms with E-state index >= 15 is 0 Å². The summed E-state index contributed by atoms with van der Waals surface area (Å²) in [5.74, 6) is -0.909. The van der Waals surface area contributed by atoms with Gasteiger partial charge in [-0.05, 0) is 36.8 Å². The maximum absolute atomic E-state index is 13.7. The highest BCUT2D eigenvalue weighted by atomic mass is 35.5. The second-order valence-corrected chi connectivity index (χ2v) is 6.86. The van der Waals surface area contributed by atoms with Gasteiger partial charge in [-0.15, -0.1) is 0 Å². The van der Waals surface area contributed by atoms with Crippen LogP contribution in [0.5, 0.6) is 0 Å². The van der Waals surface area contributed by atoms with Gasteiger partial charge in [-0.1, -0.05) is 47.5 Å². The van der Waals surface area contributed by atoms with Crippen LogP contribution in [0.1, 0.15) is 34.6 Å². The van der Waals surface area contributed by atoms with Gasteiger partial charge < -0.3 is 5.32 Å². The molecule has 0 radical (unpaired) electrons. The van der Waals surface area contributed by atoms with Crippen molar-refractivity contribution in [3.63, 3.8) is 0 Å². The number of carbonyl (C=O) groups excluding carboxylic acids is 1. The van der Waals surface area contributed by atoms with Crippen LogP contribution in [-0.2, 0) is 6.18 Å². The fraction of sp³-hybridized carbons (Fsp3) is 0.158. The number of rotatable bonds is 4. The standard InChI is InChI=1S/C19H14Cl2F3N3O/c1-11(14-7-2-3-8-16(14)21)26-18(28)15-10-25-27(17(15)19(22,23)24)13-6-4-5-12(20)9-13/h2-11H,1H3,(H,26,28). The Balaban J connectivity index is 1.98. The van der Waals surface area contributed by atoms with E-state index in [-0.39, 0.29) is 10.7 Å². The first-order chi connectivity index (χ1) is 13.2. The Morgan fingerprint density at radius 2 is 1.86 bits per heavy atom. The number of amides is 1. The van der Waals surface area contributed by atoms with Crippen molar-refractivity contribution in [3.05, 3.63) is 81.6 Å². The van der Waals surface area contributed by atoms with E-state index in [2.05, 4.69) is 10.4 Å². The molecule has 1 aromatic heterocycles. The first-order valence-corrected chi connectivity index (χ1v) is 8.90. The topological polar surface area (TPSA) is 46.9 Å². The summed E-state index contributed by atoms with van der Waals surface area (Å²) in [6, 6.07) is 11.9. The van der Waals surface area contributed by atoms with E-state index in [1.807, 2.05) is 0 Å². The zero-order valence-electron chi connectivity index (χ0n) is 14.5. The molecule has 1 heterocycles. The van der Waals surface area contributed by atoms with Gasteiger partial charge in [0.1, 0.15) is 0 Å². The van der Waals surface area contributed by atoms with Crippen molar-refractivity contribution in [2.24, 2.45) is 0 Å². The zero-order valence-corrected chi connectivity index (χ0v) is 16.0. The van der Waals surface area contributed by atoms with Crippen molar-refractivity contribution in [1.82, 2.24) is 15.1 Å². The maximum Gasteiger partial charge on any atom is 0.434 e. The molecule has 1 amide bonds. The summed E-state index contributed by atoms with van der Waals surface area (Å²) in [5, 5.41) is 6.96. The minimum absolute atomic E-state index is 0.0954. The third-order valence-corrected chi connectivity index (χ3v) is 4.63. The largest absolute Gasteiger partial charge is 0.434 e. The van der Waals surface area contributed by atoms with Crippen LogP contribution in [-0.4, -0.2) is 15.7 Å². The van der Waals surface area contributed by atoms with Crippen LogP contribution in [0.15, 0.2) is 54.7 Å². The fourth-order valence-electron chi connectivity index (χ4n) is 2.77. The van der Waals surface area contributed by atoms with Crippen molar-refractivity contribution >= 4 is 29.1 Å². The summed E-state index contributed by atoms with van der Waals surface area (Å²) in [5.41, 5.74) is -1.09. The van der Waals surface area contributed by atoms with Crippen LogP contribution in [0.3, 0.4) is 0 Å². The number of halogens is 5. The molecule has 0 bridgehead atoms. The molecule has 3 aromatic rings. The molecule has 0 fully saturated rings. The highest BCUT2D eigenvalue weighted by molar-refractivity contribution is 6.31. The van der Waals surface area contributed by atoms with Crippen molar-refractivity contribution in [2.75, 3.05) is 0 Å². The van der Waals surface area contributed by atoms with Gasteiger partial charge >= 0.3 is 6.18 Å². The third kappa shape index (κ3) is 4.15. The Hall–Kier alpha value is -2.51. The van der Waals surface area contributed by atoms with E-state index in [0.717, 1.165) is 6.20 Å². The first-order valence-electron chi connectivity index (χ1n) is 8.15. The van der Waals surface area contributed by atoms with Crippen LogP contribution in [0.4, 0.5) is 13.2 Å². The van der Waals surface area contributed by atoms with E-state index in [1.54, 1.807) is 31.2 Å². The molecule has 28 heavy (non-hydrogen) atoms. The smallest absolute Gasteiger partial charge is 0.345 e.